The lowest BCUT2D eigenvalue weighted by Crippen LogP contribution is -2.50. The lowest BCUT2D eigenvalue weighted by Gasteiger charge is -2.43. The minimum Gasteiger partial charge on any atom is -0.390 e. The first kappa shape index (κ1) is 17.6. The Labute approximate surface area is 158 Å². The van der Waals surface area contributed by atoms with Crippen molar-refractivity contribution in [1.29, 1.82) is 0 Å². The number of aryl methyl sites for hydroxylation is 1. The number of para-hydroxylation sites is 1. The van der Waals surface area contributed by atoms with E-state index in [2.05, 4.69) is 16.2 Å². The third-order valence-corrected chi connectivity index (χ3v) is 5.78. The number of hydrogen-bond donors (Lipinski definition) is 3. The van der Waals surface area contributed by atoms with Crippen LogP contribution in [0.2, 0.25) is 0 Å². The third-order valence-electron chi connectivity index (χ3n) is 5.78. The first-order valence-electron chi connectivity index (χ1n) is 9.12. The number of aromatic nitrogens is 1. The van der Waals surface area contributed by atoms with Gasteiger partial charge in [-0.2, -0.15) is 0 Å². The van der Waals surface area contributed by atoms with Crippen molar-refractivity contribution in [2.24, 2.45) is 0 Å². The highest BCUT2D eigenvalue weighted by Gasteiger charge is 2.40. The number of aliphatic hydroxyl groups excluding tert-OH is 1. The summed E-state index contributed by atoms with van der Waals surface area (Å²) in [5.41, 5.74) is 4.48. The van der Waals surface area contributed by atoms with Crippen LogP contribution in [0.5, 0.6) is 0 Å². The van der Waals surface area contributed by atoms with Crippen molar-refractivity contribution in [3.63, 3.8) is 0 Å². The van der Waals surface area contributed by atoms with Crippen molar-refractivity contribution < 1.29 is 9.50 Å². The smallest absolute Gasteiger partial charge is 0.134 e. The van der Waals surface area contributed by atoms with Gasteiger partial charge in [-0.1, -0.05) is 31.0 Å². The maximum Gasteiger partial charge on any atom is 0.134 e. The fourth-order valence-corrected chi connectivity index (χ4v) is 4.36. The number of H-pyrrole nitrogens is 1. The number of anilines is 1. The van der Waals surface area contributed by atoms with Gasteiger partial charge >= 0.3 is 0 Å². The zero-order valence-corrected chi connectivity index (χ0v) is 15.9. The maximum absolute atomic E-state index is 15.3. The van der Waals surface area contributed by atoms with Gasteiger partial charge in [-0.3, -0.25) is 0 Å². The van der Waals surface area contributed by atoms with Crippen LogP contribution in [-0.4, -0.2) is 21.7 Å². The van der Waals surface area contributed by atoms with E-state index in [-0.39, 0.29) is 11.7 Å². The lowest BCUT2D eigenvalue weighted by atomic mass is 9.76. The average Bonchev–Trinajstić information content (AvgIpc) is 3.00. The molecule has 0 unspecified atom stereocenters. The number of aliphatic hydroxyl groups is 1. The molecule has 0 radical (unpaired) electrons. The average molecular weight is 362 g/mol. The molecule has 27 heavy (non-hydrogen) atoms. The van der Waals surface area contributed by atoms with E-state index < -0.39 is 11.6 Å². The van der Waals surface area contributed by atoms with Gasteiger partial charge in [0.25, 0.3) is 0 Å². The minimum absolute atomic E-state index is 0.216. The Morgan fingerprint density at radius 2 is 2.04 bits per heavy atom. The number of rotatable bonds is 1. The van der Waals surface area contributed by atoms with Gasteiger partial charge in [-0.05, 0) is 38.0 Å². The zero-order chi connectivity index (χ0) is 19.5. The number of aromatic amines is 1. The Bertz CT molecular complexity index is 1100. The van der Waals surface area contributed by atoms with Crippen molar-refractivity contribution in [2.45, 2.75) is 45.3 Å². The zero-order valence-electron chi connectivity index (χ0n) is 15.9. The molecule has 1 aliphatic rings. The van der Waals surface area contributed by atoms with Crippen LogP contribution in [0.25, 0.3) is 22.0 Å². The third kappa shape index (κ3) is 2.46. The molecule has 4 heteroatoms. The SMILES string of the molecule is C#Cc1c(-c2cccc3c(C)c[nH]c23)c(F)cc2c1[C@H](C)[C@@H](O)C(C)(C)N2. The monoisotopic (exact) mass is 362 g/mol. The highest BCUT2D eigenvalue weighted by atomic mass is 19.1. The van der Waals surface area contributed by atoms with Gasteiger partial charge in [0.2, 0.25) is 0 Å². The number of halogens is 1. The second-order valence-electron chi connectivity index (χ2n) is 7.99. The van der Waals surface area contributed by atoms with E-state index in [0.717, 1.165) is 27.6 Å². The van der Waals surface area contributed by atoms with Crippen LogP contribution < -0.4 is 5.32 Å². The molecule has 0 aliphatic carbocycles. The molecular formula is C23H23FN2O. The fourth-order valence-electron chi connectivity index (χ4n) is 4.36. The second-order valence-corrected chi connectivity index (χ2v) is 7.99. The van der Waals surface area contributed by atoms with Crippen molar-refractivity contribution in [3.8, 4) is 23.5 Å². The largest absolute Gasteiger partial charge is 0.390 e. The molecule has 138 valence electrons. The van der Waals surface area contributed by atoms with E-state index >= 15 is 4.39 Å². The Hall–Kier alpha value is -2.77. The summed E-state index contributed by atoms with van der Waals surface area (Å²) in [5, 5.41) is 15.0. The first-order chi connectivity index (χ1) is 12.8. The van der Waals surface area contributed by atoms with Crippen LogP contribution in [0.1, 0.15) is 43.4 Å². The Morgan fingerprint density at radius 1 is 1.30 bits per heavy atom. The van der Waals surface area contributed by atoms with Gasteiger partial charge in [0.05, 0.1) is 17.2 Å². The molecule has 0 fully saturated rings. The number of benzene rings is 2. The quantitative estimate of drug-likeness (QED) is 0.538. The van der Waals surface area contributed by atoms with Gasteiger partial charge in [-0.25, -0.2) is 4.39 Å². The van der Waals surface area contributed by atoms with Gasteiger partial charge in [0.15, 0.2) is 0 Å². The summed E-state index contributed by atoms with van der Waals surface area (Å²) in [6, 6.07) is 7.31. The molecule has 2 atom stereocenters. The van der Waals surface area contributed by atoms with E-state index in [1.165, 1.54) is 6.07 Å². The summed E-state index contributed by atoms with van der Waals surface area (Å²) < 4.78 is 15.3. The molecule has 0 bridgehead atoms. The molecule has 0 saturated heterocycles. The minimum atomic E-state index is -0.640. The normalized spacial score (nSPS) is 20.8. The van der Waals surface area contributed by atoms with Crippen molar-refractivity contribution in [1.82, 2.24) is 4.98 Å². The highest BCUT2D eigenvalue weighted by molar-refractivity contribution is 5.98. The number of nitrogens with one attached hydrogen (secondary N) is 2. The van der Waals surface area contributed by atoms with E-state index in [4.69, 9.17) is 6.42 Å². The van der Waals surface area contributed by atoms with Gasteiger partial charge in [0, 0.05) is 39.9 Å². The van der Waals surface area contributed by atoms with Gasteiger partial charge < -0.3 is 15.4 Å². The molecule has 3 aromatic rings. The lowest BCUT2D eigenvalue weighted by molar-refractivity contribution is 0.0868. The summed E-state index contributed by atoms with van der Waals surface area (Å²) in [6.45, 7) is 7.76. The van der Waals surface area contributed by atoms with E-state index in [9.17, 15) is 5.11 Å². The summed E-state index contributed by atoms with van der Waals surface area (Å²) in [5.74, 6) is 2.12. The van der Waals surface area contributed by atoms with Crippen molar-refractivity contribution >= 4 is 16.6 Å². The topological polar surface area (TPSA) is 48.0 Å². The second kappa shape index (κ2) is 5.87. The molecule has 2 heterocycles. The highest BCUT2D eigenvalue weighted by Crippen LogP contribution is 2.45. The van der Waals surface area contributed by atoms with Gasteiger partial charge in [-0.15, -0.1) is 6.42 Å². The molecule has 2 aromatic carbocycles. The van der Waals surface area contributed by atoms with Crippen LogP contribution in [0.3, 0.4) is 0 Å². The number of fused-ring (bicyclic) bond motifs is 2. The van der Waals surface area contributed by atoms with Crippen LogP contribution in [0, 0.1) is 25.1 Å². The Morgan fingerprint density at radius 3 is 2.74 bits per heavy atom. The predicted molar refractivity (Wildman–Crippen MR) is 108 cm³/mol. The molecule has 0 saturated carbocycles. The van der Waals surface area contributed by atoms with Crippen LogP contribution in [0.15, 0.2) is 30.5 Å². The molecule has 0 amide bonds. The molecular weight excluding hydrogens is 339 g/mol. The summed E-state index contributed by atoms with van der Waals surface area (Å²) in [7, 11) is 0. The summed E-state index contributed by atoms with van der Waals surface area (Å²) >= 11 is 0. The van der Waals surface area contributed by atoms with E-state index in [1.807, 2.05) is 52.1 Å². The Balaban J connectivity index is 2.06. The first-order valence-corrected chi connectivity index (χ1v) is 9.12. The van der Waals surface area contributed by atoms with Crippen LogP contribution in [0.4, 0.5) is 10.1 Å². The molecule has 4 rings (SSSR count). The fraction of sp³-hybridized carbons (Fsp3) is 0.304. The molecule has 3 nitrogen and oxygen atoms in total. The molecule has 3 N–H and O–H groups in total. The molecule has 1 aromatic heterocycles. The standard InChI is InChI=1S/C23H23FN2O/c1-6-14-19-13(3)22(27)23(4,5)26-18(19)10-17(24)20(14)16-9-7-8-15-12(2)11-25-21(15)16/h1,7-11,13,22,25-27H,2-5H3/t13-,22+/m0/s1. The maximum atomic E-state index is 15.3. The number of terminal acetylenes is 1. The van der Waals surface area contributed by atoms with Crippen LogP contribution >= 0.6 is 0 Å². The van der Waals surface area contributed by atoms with Crippen LogP contribution in [-0.2, 0) is 0 Å². The number of hydrogen-bond acceptors (Lipinski definition) is 2. The Kier molecular flexibility index (Phi) is 3.83. The van der Waals surface area contributed by atoms with E-state index in [1.54, 1.807) is 0 Å². The van der Waals surface area contributed by atoms with Crippen molar-refractivity contribution in [2.75, 3.05) is 5.32 Å². The van der Waals surface area contributed by atoms with Crippen molar-refractivity contribution in [3.05, 3.63) is 53.0 Å². The summed E-state index contributed by atoms with van der Waals surface area (Å²) in [4.78, 5) is 3.25. The molecule has 1 aliphatic heterocycles. The summed E-state index contributed by atoms with van der Waals surface area (Å²) in [6.07, 6.45) is 7.14. The molecule has 0 spiro atoms. The predicted octanol–water partition coefficient (Wildman–Crippen LogP) is 4.93. The van der Waals surface area contributed by atoms with E-state index in [0.29, 0.717) is 16.8 Å². The van der Waals surface area contributed by atoms with Gasteiger partial charge in [0.1, 0.15) is 5.82 Å².